The molecule has 3 aromatic rings. The number of nitrogens with zero attached hydrogens (tertiary/aromatic N) is 2. The number of nitrogens with one attached hydrogen (secondary N) is 1. The maximum absolute atomic E-state index is 13.4. The van der Waals surface area contributed by atoms with E-state index in [0.717, 1.165) is 24.8 Å². The maximum atomic E-state index is 13.4. The van der Waals surface area contributed by atoms with E-state index in [1.54, 1.807) is 17.0 Å². The molecule has 9 heteroatoms. The van der Waals surface area contributed by atoms with Gasteiger partial charge in [-0.15, -0.1) is 0 Å². The monoisotopic (exact) mass is 513 g/mol. The Morgan fingerprint density at radius 3 is 2.67 bits per heavy atom. The molecule has 1 aromatic heterocycles. The SMILES string of the molecule is CCCCCOc1ccc(C2c3c(-c4cc(Cl)ccc4O)n[nH]c3C(=O)N2CCCO)cc1OCC. The van der Waals surface area contributed by atoms with Crippen molar-refractivity contribution in [1.29, 1.82) is 0 Å². The van der Waals surface area contributed by atoms with E-state index in [1.807, 2.05) is 25.1 Å². The fraction of sp³-hybridized carbons (Fsp3) is 0.407. The van der Waals surface area contributed by atoms with E-state index in [-0.39, 0.29) is 18.3 Å². The van der Waals surface area contributed by atoms with Crippen molar-refractivity contribution in [1.82, 2.24) is 15.1 Å². The Kier molecular flexibility index (Phi) is 8.38. The number of phenols is 1. The van der Waals surface area contributed by atoms with Crippen LogP contribution in [0.2, 0.25) is 5.02 Å². The van der Waals surface area contributed by atoms with Gasteiger partial charge in [0, 0.05) is 29.3 Å². The molecule has 1 atom stereocenters. The Hall–Kier alpha value is -3.23. The number of hydrogen-bond donors (Lipinski definition) is 3. The second-order valence-corrected chi connectivity index (χ2v) is 9.13. The van der Waals surface area contributed by atoms with Crippen LogP contribution in [0.3, 0.4) is 0 Å². The molecule has 2 heterocycles. The standard InChI is InChI=1S/C27H32ClN3O5/c1-3-5-6-14-36-21-11-8-17(15-22(21)35-4-2)26-23-24(19-16-18(28)9-10-20(19)33)29-30-25(23)27(34)31(26)12-7-13-32/h8-11,15-16,26,32-33H,3-7,12-14H2,1-2H3,(H,29,30). The third kappa shape index (κ3) is 5.15. The summed E-state index contributed by atoms with van der Waals surface area (Å²) in [5.74, 6) is 1.05. The van der Waals surface area contributed by atoms with Gasteiger partial charge in [-0.25, -0.2) is 0 Å². The Morgan fingerprint density at radius 2 is 1.92 bits per heavy atom. The number of carbonyl (C=O) groups is 1. The van der Waals surface area contributed by atoms with Crippen molar-refractivity contribution in [3.8, 4) is 28.5 Å². The van der Waals surface area contributed by atoms with Crippen LogP contribution in [0, 0.1) is 0 Å². The number of aromatic amines is 1. The molecule has 0 radical (unpaired) electrons. The third-order valence-corrected chi connectivity index (χ3v) is 6.46. The molecule has 0 aliphatic carbocycles. The molecule has 1 aliphatic rings. The van der Waals surface area contributed by atoms with Crippen LogP contribution in [-0.4, -0.2) is 57.6 Å². The number of ether oxygens (including phenoxy) is 2. The number of aliphatic hydroxyl groups is 1. The van der Waals surface area contributed by atoms with Gasteiger partial charge in [-0.05, 0) is 55.7 Å². The molecule has 0 saturated carbocycles. The number of aromatic nitrogens is 2. The highest BCUT2D eigenvalue weighted by Gasteiger charge is 2.42. The van der Waals surface area contributed by atoms with Gasteiger partial charge in [0.05, 0.1) is 19.3 Å². The number of hydrogen-bond acceptors (Lipinski definition) is 6. The number of phenolic OH excluding ortho intramolecular Hbond substituents is 1. The zero-order valence-corrected chi connectivity index (χ0v) is 21.3. The van der Waals surface area contributed by atoms with Gasteiger partial charge in [-0.1, -0.05) is 37.4 Å². The lowest BCUT2D eigenvalue weighted by atomic mass is 9.95. The molecular weight excluding hydrogens is 482 g/mol. The Bertz CT molecular complexity index is 1210. The average molecular weight is 514 g/mol. The fourth-order valence-electron chi connectivity index (χ4n) is 4.53. The molecule has 4 rings (SSSR count). The topological polar surface area (TPSA) is 108 Å². The summed E-state index contributed by atoms with van der Waals surface area (Å²) in [6, 6.07) is 9.92. The molecule has 1 amide bonds. The Balaban J connectivity index is 1.79. The van der Waals surface area contributed by atoms with Crippen molar-refractivity contribution in [2.24, 2.45) is 0 Å². The van der Waals surface area contributed by atoms with Crippen LogP contribution in [0.4, 0.5) is 0 Å². The van der Waals surface area contributed by atoms with Crippen molar-refractivity contribution in [2.75, 3.05) is 26.4 Å². The first-order valence-corrected chi connectivity index (χ1v) is 12.8. The molecule has 36 heavy (non-hydrogen) atoms. The summed E-state index contributed by atoms with van der Waals surface area (Å²) in [7, 11) is 0. The van der Waals surface area contributed by atoms with Crippen LogP contribution in [0.1, 0.15) is 67.2 Å². The van der Waals surface area contributed by atoms with Crippen LogP contribution in [0.15, 0.2) is 36.4 Å². The van der Waals surface area contributed by atoms with Gasteiger partial charge in [-0.2, -0.15) is 5.10 Å². The lowest BCUT2D eigenvalue weighted by molar-refractivity contribution is 0.0732. The normalized spacial score (nSPS) is 14.8. The molecule has 0 bridgehead atoms. The number of aliphatic hydroxyl groups excluding tert-OH is 1. The number of carbonyl (C=O) groups excluding carboxylic acids is 1. The first-order valence-electron chi connectivity index (χ1n) is 12.4. The zero-order chi connectivity index (χ0) is 25.7. The highest BCUT2D eigenvalue weighted by molar-refractivity contribution is 6.31. The van der Waals surface area contributed by atoms with Crippen molar-refractivity contribution in [2.45, 2.75) is 45.6 Å². The van der Waals surface area contributed by atoms with Crippen LogP contribution in [0.25, 0.3) is 11.3 Å². The van der Waals surface area contributed by atoms with Crippen molar-refractivity contribution in [3.05, 3.63) is 58.2 Å². The Labute approximate surface area is 215 Å². The van der Waals surface area contributed by atoms with Gasteiger partial charge in [0.1, 0.15) is 17.1 Å². The van der Waals surface area contributed by atoms with Gasteiger partial charge in [-0.3, -0.25) is 9.89 Å². The number of H-pyrrole nitrogens is 1. The van der Waals surface area contributed by atoms with E-state index in [0.29, 0.717) is 65.2 Å². The van der Waals surface area contributed by atoms with Crippen LogP contribution >= 0.6 is 11.6 Å². The summed E-state index contributed by atoms with van der Waals surface area (Å²) in [6.07, 6.45) is 3.58. The molecule has 0 fully saturated rings. The second kappa shape index (κ2) is 11.7. The van der Waals surface area contributed by atoms with Crippen molar-refractivity contribution in [3.63, 3.8) is 0 Å². The predicted octanol–water partition coefficient (Wildman–Crippen LogP) is 5.33. The van der Waals surface area contributed by atoms with Gasteiger partial charge in [0.15, 0.2) is 11.5 Å². The van der Waals surface area contributed by atoms with Crippen molar-refractivity contribution < 1.29 is 24.5 Å². The summed E-state index contributed by atoms with van der Waals surface area (Å²) in [5.41, 5.74) is 2.70. The van der Waals surface area contributed by atoms with Gasteiger partial charge in [0.2, 0.25) is 0 Å². The highest BCUT2D eigenvalue weighted by atomic mass is 35.5. The fourth-order valence-corrected chi connectivity index (χ4v) is 4.71. The van der Waals surface area contributed by atoms with E-state index in [2.05, 4.69) is 17.1 Å². The number of benzene rings is 2. The van der Waals surface area contributed by atoms with Gasteiger partial charge < -0.3 is 24.6 Å². The van der Waals surface area contributed by atoms with E-state index < -0.39 is 6.04 Å². The summed E-state index contributed by atoms with van der Waals surface area (Å²) >= 11 is 6.21. The minimum atomic E-state index is -0.500. The maximum Gasteiger partial charge on any atom is 0.273 e. The zero-order valence-electron chi connectivity index (χ0n) is 20.6. The Morgan fingerprint density at radius 1 is 1.08 bits per heavy atom. The largest absolute Gasteiger partial charge is 0.507 e. The quantitative estimate of drug-likeness (QED) is 0.282. The third-order valence-electron chi connectivity index (χ3n) is 6.22. The molecule has 1 unspecified atom stereocenters. The van der Waals surface area contributed by atoms with Gasteiger partial charge >= 0.3 is 0 Å². The van der Waals surface area contributed by atoms with E-state index >= 15 is 0 Å². The minimum absolute atomic E-state index is 0.0135. The molecule has 3 N–H and O–H groups in total. The number of rotatable bonds is 12. The lowest BCUT2D eigenvalue weighted by Crippen LogP contribution is -2.31. The molecule has 1 aliphatic heterocycles. The minimum Gasteiger partial charge on any atom is -0.507 e. The summed E-state index contributed by atoms with van der Waals surface area (Å²) in [5, 5.41) is 27.7. The first kappa shape index (κ1) is 25.9. The second-order valence-electron chi connectivity index (χ2n) is 8.70. The molecule has 2 aromatic carbocycles. The molecule has 0 spiro atoms. The first-order chi connectivity index (χ1) is 17.5. The smallest absolute Gasteiger partial charge is 0.273 e. The molecule has 0 saturated heterocycles. The molecule has 8 nitrogen and oxygen atoms in total. The lowest BCUT2D eigenvalue weighted by Gasteiger charge is -2.27. The molecule has 192 valence electrons. The predicted molar refractivity (Wildman–Crippen MR) is 138 cm³/mol. The number of aromatic hydroxyl groups is 1. The number of amides is 1. The van der Waals surface area contributed by atoms with Crippen molar-refractivity contribution >= 4 is 17.5 Å². The van der Waals surface area contributed by atoms with Gasteiger partial charge in [0.25, 0.3) is 5.91 Å². The van der Waals surface area contributed by atoms with Crippen LogP contribution in [-0.2, 0) is 0 Å². The molecular formula is C27H32ClN3O5. The van der Waals surface area contributed by atoms with E-state index in [4.69, 9.17) is 21.1 Å². The summed E-state index contributed by atoms with van der Waals surface area (Å²) in [4.78, 5) is 15.1. The summed E-state index contributed by atoms with van der Waals surface area (Å²) < 4.78 is 11.9. The summed E-state index contributed by atoms with van der Waals surface area (Å²) in [6.45, 7) is 5.43. The average Bonchev–Trinajstić information content (AvgIpc) is 3.41. The van der Waals surface area contributed by atoms with E-state index in [1.165, 1.54) is 6.07 Å². The number of halogens is 1. The van der Waals surface area contributed by atoms with Crippen LogP contribution in [0.5, 0.6) is 17.2 Å². The number of fused-ring (bicyclic) bond motifs is 1. The number of unbranched alkanes of at least 4 members (excludes halogenated alkanes) is 2. The van der Waals surface area contributed by atoms with E-state index in [9.17, 15) is 15.0 Å². The van der Waals surface area contributed by atoms with Crippen LogP contribution < -0.4 is 9.47 Å². The highest BCUT2D eigenvalue weighted by Crippen LogP contribution is 2.46.